The molecule has 1 atom stereocenters. The molecule has 0 amide bonds. The summed E-state index contributed by atoms with van der Waals surface area (Å²) in [4.78, 5) is 2.08. The number of anilines is 2. The standard InChI is InChI=1S/C25H32F3N3O2/c1-24(2)14-18-12-20(29)21(13-22(18)33-24)31-10-8-17(9-11-31)23(25(26,27)28)30-15-16-4-6-19(32-3)7-5-16/h4-7,12-13,17,23,30H,8-11,14-15,29H2,1-3H3. The molecule has 180 valence electrons. The van der Waals surface area contributed by atoms with Gasteiger partial charge in [0.1, 0.15) is 23.1 Å². The molecule has 4 rings (SSSR count). The minimum atomic E-state index is -4.31. The Morgan fingerprint density at radius 1 is 1.18 bits per heavy atom. The molecular formula is C25H32F3N3O2. The van der Waals surface area contributed by atoms with Gasteiger partial charge >= 0.3 is 6.18 Å². The maximum atomic E-state index is 13.9. The molecule has 0 aliphatic carbocycles. The smallest absolute Gasteiger partial charge is 0.404 e. The zero-order valence-corrected chi connectivity index (χ0v) is 19.3. The van der Waals surface area contributed by atoms with Gasteiger partial charge in [-0.05, 0) is 56.4 Å². The molecule has 2 aromatic carbocycles. The van der Waals surface area contributed by atoms with Gasteiger partial charge in [0.2, 0.25) is 0 Å². The van der Waals surface area contributed by atoms with E-state index in [2.05, 4.69) is 10.2 Å². The highest BCUT2D eigenvalue weighted by Gasteiger charge is 2.45. The highest BCUT2D eigenvalue weighted by Crippen LogP contribution is 2.42. The van der Waals surface area contributed by atoms with Crippen LogP contribution in [0.5, 0.6) is 11.5 Å². The second-order valence-corrected chi connectivity index (χ2v) is 9.63. The first-order valence-electron chi connectivity index (χ1n) is 11.3. The monoisotopic (exact) mass is 463 g/mol. The average Bonchev–Trinajstić information content (AvgIpc) is 3.06. The van der Waals surface area contributed by atoms with Crippen LogP contribution in [0.2, 0.25) is 0 Å². The molecule has 0 spiro atoms. The third kappa shape index (κ3) is 5.32. The fourth-order valence-corrected chi connectivity index (χ4v) is 4.93. The van der Waals surface area contributed by atoms with Crippen molar-refractivity contribution in [3.05, 3.63) is 47.5 Å². The largest absolute Gasteiger partial charge is 0.497 e. The van der Waals surface area contributed by atoms with Crippen LogP contribution in [0.1, 0.15) is 37.8 Å². The van der Waals surface area contributed by atoms with Crippen LogP contribution in [-0.4, -0.2) is 38.0 Å². The molecule has 0 saturated carbocycles. The number of fused-ring (bicyclic) bond motifs is 1. The third-order valence-electron chi connectivity index (χ3n) is 6.60. The summed E-state index contributed by atoms with van der Waals surface area (Å²) in [6.07, 6.45) is -2.65. The molecule has 0 radical (unpaired) electrons. The lowest BCUT2D eigenvalue weighted by Crippen LogP contribution is -2.51. The Balaban J connectivity index is 1.40. The van der Waals surface area contributed by atoms with E-state index in [0.717, 1.165) is 29.0 Å². The van der Waals surface area contributed by atoms with E-state index < -0.39 is 18.1 Å². The van der Waals surface area contributed by atoms with Gasteiger partial charge in [-0.3, -0.25) is 0 Å². The van der Waals surface area contributed by atoms with Crippen molar-refractivity contribution in [2.24, 2.45) is 5.92 Å². The molecule has 2 heterocycles. The molecule has 0 aromatic heterocycles. The molecule has 1 unspecified atom stereocenters. The van der Waals surface area contributed by atoms with Crippen molar-refractivity contribution in [2.45, 2.75) is 57.5 Å². The number of nitrogen functional groups attached to an aromatic ring is 1. The Labute approximate surface area is 193 Å². The summed E-state index contributed by atoms with van der Waals surface area (Å²) >= 11 is 0. The minimum Gasteiger partial charge on any atom is -0.497 e. The predicted octanol–water partition coefficient (Wildman–Crippen LogP) is 4.93. The first-order valence-corrected chi connectivity index (χ1v) is 11.3. The molecular weight excluding hydrogens is 431 g/mol. The van der Waals surface area contributed by atoms with Crippen molar-refractivity contribution < 1.29 is 22.6 Å². The number of alkyl halides is 3. The lowest BCUT2D eigenvalue weighted by atomic mass is 9.88. The number of nitrogens with two attached hydrogens (primary N) is 1. The number of halogens is 3. The molecule has 2 aliphatic rings. The Bertz CT molecular complexity index is 968. The van der Waals surface area contributed by atoms with E-state index in [4.69, 9.17) is 15.2 Å². The van der Waals surface area contributed by atoms with E-state index in [1.54, 1.807) is 31.4 Å². The number of benzene rings is 2. The Morgan fingerprint density at radius 2 is 1.85 bits per heavy atom. The van der Waals surface area contributed by atoms with Gasteiger partial charge in [-0.2, -0.15) is 13.2 Å². The fourth-order valence-electron chi connectivity index (χ4n) is 4.93. The van der Waals surface area contributed by atoms with Gasteiger partial charge in [0.15, 0.2) is 0 Å². The van der Waals surface area contributed by atoms with Crippen LogP contribution in [0.15, 0.2) is 36.4 Å². The van der Waals surface area contributed by atoms with Crippen LogP contribution in [-0.2, 0) is 13.0 Å². The first kappa shape index (κ1) is 23.5. The second kappa shape index (κ2) is 8.97. The van der Waals surface area contributed by atoms with Gasteiger partial charge < -0.3 is 25.4 Å². The maximum Gasteiger partial charge on any atom is 0.404 e. The van der Waals surface area contributed by atoms with Gasteiger partial charge in [0, 0.05) is 37.7 Å². The van der Waals surface area contributed by atoms with Crippen molar-refractivity contribution in [1.29, 1.82) is 0 Å². The zero-order valence-electron chi connectivity index (χ0n) is 19.3. The van der Waals surface area contributed by atoms with E-state index in [-0.39, 0.29) is 12.1 Å². The van der Waals surface area contributed by atoms with E-state index in [9.17, 15) is 13.2 Å². The molecule has 5 nitrogen and oxygen atoms in total. The lowest BCUT2D eigenvalue weighted by molar-refractivity contribution is -0.170. The molecule has 2 aliphatic heterocycles. The van der Waals surface area contributed by atoms with Gasteiger partial charge in [-0.25, -0.2) is 0 Å². The summed E-state index contributed by atoms with van der Waals surface area (Å²) in [7, 11) is 1.56. The molecule has 33 heavy (non-hydrogen) atoms. The van der Waals surface area contributed by atoms with Crippen molar-refractivity contribution in [3.63, 3.8) is 0 Å². The number of ether oxygens (including phenoxy) is 2. The topological polar surface area (TPSA) is 59.8 Å². The minimum absolute atomic E-state index is 0.152. The fraction of sp³-hybridized carbons (Fsp3) is 0.520. The third-order valence-corrected chi connectivity index (χ3v) is 6.60. The molecule has 8 heteroatoms. The van der Waals surface area contributed by atoms with Crippen LogP contribution in [0, 0.1) is 5.92 Å². The van der Waals surface area contributed by atoms with E-state index >= 15 is 0 Å². The van der Waals surface area contributed by atoms with Gasteiger partial charge in [-0.1, -0.05) is 12.1 Å². The summed E-state index contributed by atoms with van der Waals surface area (Å²) < 4.78 is 52.8. The highest BCUT2D eigenvalue weighted by molar-refractivity contribution is 5.72. The predicted molar refractivity (Wildman–Crippen MR) is 124 cm³/mol. The SMILES string of the molecule is COc1ccc(CNC(C2CCN(c3cc4c(cc3N)CC(C)(C)O4)CC2)C(F)(F)F)cc1. The lowest BCUT2D eigenvalue weighted by Gasteiger charge is -2.38. The van der Waals surface area contributed by atoms with Gasteiger partial charge in [-0.15, -0.1) is 0 Å². The number of hydrogen-bond acceptors (Lipinski definition) is 5. The van der Waals surface area contributed by atoms with E-state index in [1.807, 2.05) is 26.0 Å². The van der Waals surface area contributed by atoms with Crippen molar-refractivity contribution in [2.75, 3.05) is 30.8 Å². The molecule has 3 N–H and O–H groups in total. The van der Waals surface area contributed by atoms with Crippen molar-refractivity contribution in [3.8, 4) is 11.5 Å². The average molecular weight is 464 g/mol. The normalized spacial score (nSPS) is 19.2. The number of piperidine rings is 1. The molecule has 1 saturated heterocycles. The zero-order chi connectivity index (χ0) is 23.8. The van der Waals surface area contributed by atoms with Crippen LogP contribution in [0.25, 0.3) is 0 Å². The van der Waals surface area contributed by atoms with E-state index in [1.165, 1.54) is 0 Å². The van der Waals surface area contributed by atoms with Gasteiger partial charge in [0.25, 0.3) is 0 Å². The Hall–Kier alpha value is -2.61. The maximum absolute atomic E-state index is 13.9. The molecule has 0 bridgehead atoms. The van der Waals surface area contributed by atoms with Crippen LogP contribution >= 0.6 is 0 Å². The quantitative estimate of drug-likeness (QED) is 0.595. The Morgan fingerprint density at radius 3 is 2.45 bits per heavy atom. The summed E-state index contributed by atoms with van der Waals surface area (Å²) in [5.74, 6) is 1.00. The summed E-state index contributed by atoms with van der Waals surface area (Å²) in [6, 6.07) is 9.41. The van der Waals surface area contributed by atoms with E-state index in [0.29, 0.717) is 37.4 Å². The summed E-state index contributed by atoms with van der Waals surface area (Å²) in [5.41, 5.74) is 9.41. The van der Waals surface area contributed by atoms with Gasteiger partial charge in [0.05, 0.1) is 18.5 Å². The second-order valence-electron chi connectivity index (χ2n) is 9.63. The number of rotatable bonds is 6. The summed E-state index contributed by atoms with van der Waals surface area (Å²) in [6.45, 7) is 5.26. The summed E-state index contributed by atoms with van der Waals surface area (Å²) in [5, 5.41) is 2.76. The van der Waals surface area contributed by atoms with Crippen LogP contribution < -0.4 is 25.4 Å². The number of hydrogen-bond donors (Lipinski definition) is 2. The highest BCUT2D eigenvalue weighted by atomic mass is 19.4. The molecule has 2 aromatic rings. The number of methoxy groups -OCH3 is 1. The molecule has 1 fully saturated rings. The van der Waals surface area contributed by atoms with Crippen LogP contribution in [0.4, 0.5) is 24.5 Å². The number of nitrogens with zero attached hydrogens (tertiary/aromatic N) is 1. The van der Waals surface area contributed by atoms with Crippen molar-refractivity contribution >= 4 is 11.4 Å². The van der Waals surface area contributed by atoms with Crippen molar-refractivity contribution in [1.82, 2.24) is 5.32 Å². The van der Waals surface area contributed by atoms with Crippen LogP contribution in [0.3, 0.4) is 0 Å². The number of nitrogens with one attached hydrogen (secondary N) is 1. The first-order chi connectivity index (χ1) is 15.6. The Kier molecular flexibility index (Phi) is 6.40.